The molecule has 11 heteroatoms. The molecule has 39 heavy (non-hydrogen) atoms. The van der Waals surface area contributed by atoms with Crippen molar-refractivity contribution in [1.29, 1.82) is 5.41 Å². The normalized spacial score (nSPS) is 10.8. The summed E-state index contributed by atoms with van der Waals surface area (Å²) in [4.78, 5) is 34.8. The molecule has 0 aliphatic heterocycles. The van der Waals surface area contributed by atoms with E-state index < -0.39 is 29.4 Å². The van der Waals surface area contributed by atoms with Crippen molar-refractivity contribution in [3.05, 3.63) is 83.4 Å². The number of nitrogens with one attached hydrogen (secondary N) is 2. The lowest BCUT2D eigenvalue weighted by atomic mass is 10.2. The largest absolute Gasteiger partial charge is 0.478 e. The summed E-state index contributed by atoms with van der Waals surface area (Å²) in [5.41, 5.74) is 0.422. The van der Waals surface area contributed by atoms with Gasteiger partial charge in [0, 0.05) is 25.1 Å². The minimum Gasteiger partial charge on any atom is -0.478 e. The third kappa shape index (κ3) is 8.58. The van der Waals surface area contributed by atoms with E-state index in [2.05, 4.69) is 5.32 Å². The number of ether oxygens (including phenoxy) is 3. The molecule has 4 N–H and O–H groups in total. The van der Waals surface area contributed by atoms with Crippen molar-refractivity contribution in [1.82, 2.24) is 10.4 Å². The van der Waals surface area contributed by atoms with Gasteiger partial charge in [-0.15, -0.1) is 0 Å². The van der Waals surface area contributed by atoms with Gasteiger partial charge in [-0.2, -0.15) is 5.06 Å². The average molecular weight is 536 g/mol. The van der Waals surface area contributed by atoms with Crippen molar-refractivity contribution >= 4 is 23.8 Å². The molecule has 0 spiro atoms. The van der Waals surface area contributed by atoms with E-state index in [-0.39, 0.29) is 34.2 Å². The lowest BCUT2D eigenvalue weighted by molar-refractivity contribution is -0.146. The Kier molecular flexibility index (Phi) is 8.89. The van der Waals surface area contributed by atoms with Gasteiger partial charge in [0.15, 0.2) is 5.84 Å². The number of carboxylic acids is 1. The quantitative estimate of drug-likeness (QED) is 0.126. The lowest BCUT2D eigenvalue weighted by Gasteiger charge is -2.19. The minimum absolute atomic E-state index is 0.0588. The molecule has 0 aliphatic carbocycles. The van der Waals surface area contributed by atoms with Crippen LogP contribution in [0.15, 0.2) is 66.7 Å². The highest BCUT2D eigenvalue weighted by molar-refractivity contribution is 6.04. The molecule has 0 atom stereocenters. The second kappa shape index (κ2) is 12.1. The minimum atomic E-state index is -1.18. The van der Waals surface area contributed by atoms with Crippen LogP contribution in [0.5, 0.6) is 23.0 Å². The van der Waals surface area contributed by atoms with Gasteiger partial charge in [-0.1, -0.05) is 12.1 Å². The summed E-state index contributed by atoms with van der Waals surface area (Å²) < 4.78 is 16.8. The van der Waals surface area contributed by atoms with Crippen LogP contribution in [0.4, 0.5) is 4.79 Å². The zero-order chi connectivity index (χ0) is 28.7. The van der Waals surface area contributed by atoms with Crippen LogP contribution < -0.4 is 14.8 Å². The maximum Gasteiger partial charge on any atom is 0.407 e. The number of amidine groups is 1. The average Bonchev–Trinajstić information content (AvgIpc) is 2.86. The van der Waals surface area contributed by atoms with E-state index in [0.717, 1.165) is 12.5 Å². The van der Waals surface area contributed by atoms with Crippen LogP contribution in [0.2, 0.25) is 0 Å². The predicted molar refractivity (Wildman–Crippen MR) is 141 cm³/mol. The summed E-state index contributed by atoms with van der Waals surface area (Å²) in [7, 11) is 0. The first-order valence-electron chi connectivity index (χ1n) is 11.8. The molecule has 3 rings (SSSR count). The fourth-order valence-electron chi connectivity index (χ4n) is 3.21. The van der Waals surface area contributed by atoms with E-state index in [1.165, 1.54) is 42.5 Å². The first-order valence-corrected chi connectivity index (χ1v) is 11.8. The number of alkyl carbamates (subject to hydrolysis) is 1. The highest BCUT2D eigenvalue weighted by Crippen LogP contribution is 2.31. The molecule has 0 saturated carbocycles. The third-order valence-corrected chi connectivity index (χ3v) is 5.00. The van der Waals surface area contributed by atoms with Gasteiger partial charge < -0.3 is 24.6 Å². The maximum atomic E-state index is 11.8. The van der Waals surface area contributed by atoms with Crippen LogP contribution in [-0.2, 0) is 16.1 Å². The van der Waals surface area contributed by atoms with E-state index in [4.69, 9.17) is 19.6 Å². The zero-order valence-electron chi connectivity index (χ0n) is 21.8. The summed E-state index contributed by atoms with van der Waals surface area (Å²) in [6, 6.07) is 17.0. The van der Waals surface area contributed by atoms with Gasteiger partial charge in [0.1, 0.15) is 28.6 Å². The van der Waals surface area contributed by atoms with Gasteiger partial charge in [-0.3, -0.25) is 15.4 Å². The van der Waals surface area contributed by atoms with Gasteiger partial charge in [0.05, 0.1) is 5.56 Å². The molecule has 0 aliphatic rings. The van der Waals surface area contributed by atoms with Gasteiger partial charge in [-0.25, -0.2) is 9.59 Å². The van der Waals surface area contributed by atoms with Crippen molar-refractivity contribution < 1.29 is 38.9 Å². The van der Waals surface area contributed by atoms with Gasteiger partial charge in [-0.05, 0) is 74.9 Å². The molecule has 0 saturated heterocycles. The number of rotatable bonds is 8. The monoisotopic (exact) mass is 535 g/mol. The number of hydrogen-bond acceptors (Lipinski definition) is 8. The van der Waals surface area contributed by atoms with E-state index in [0.29, 0.717) is 11.5 Å². The highest BCUT2D eigenvalue weighted by Gasteiger charge is 2.16. The van der Waals surface area contributed by atoms with Crippen molar-refractivity contribution in [2.75, 3.05) is 0 Å². The van der Waals surface area contributed by atoms with Crippen LogP contribution in [0.25, 0.3) is 0 Å². The number of hydroxylamine groups is 2. The van der Waals surface area contributed by atoms with Crippen LogP contribution in [0.1, 0.15) is 49.2 Å². The number of nitrogens with zero attached hydrogens (tertiary/aromatic N) is 1. The Hall–Kier alpha value is -4.90. The molecule has 0 radical (unpaired) electrons. The molecule has 0 heterocycles. The predicted octanol–water partition coefficient (Wildman–Crippen LogP) is 5.56. The fraction of sp³-hybridized carbons (Fsp3) is 0.214. The van der Waals surface area contributed by atoms with Crippen molar-refractivity contribution in [3.63, 3.8) is 0 Å². The fourth-order valence-corrected chi connectivity index (χ4v) is 3.21. The number of carboxylic acid groups (broad SMARTS) is 1. The highest BCUT2D eigenvalue weighted by atomic mass is 16.6. The number of aromatic carboxylic acids is 1. The van der Waals surface area contributed by atoms with Crippen LogP contribution in [-0.4, -0.2) is 44.8 Å². The van der Waals surface area contributed by atoms with Crippen LogP contribution in [0.3, 0.4) is 0 Å². The molecule has 0 fully saturated rings. The molecule has 0 aromatic heterocycles. The lowest BCUT2D eigenvalue weighted by Crippen LogP contribution is -2.32. The molecular weight excluding hydrogens is 506 g/mol. The van der Waals surface area contributed by atoms with E-state index in [1.807, 2.05) is 0 Å². The second-order valence-corrected chi connectivity index (χ2v) is 9.41. The number of carbonyl (C=O) groups is 3. The Labute approximate surface area is 225 Å². The van der Waals surface area contributed by atoms with E-state index in [9.17, 15) is 24.7 Å². The second-order valence-electron chi connectivity index (χ2n) is 9.41. The first-order chi connectivity index (χ1) is 18.3. The van der Waals surface area contributed by atoms with Crippen LogP contribution >= 0.6 is 0 Å². The topological polar surface area (TPSA) is 158 Å². The summed E-state index contributed by atoms with van der Waals surface area (Å²) in [6.07, 6.45) is -0.528. The summed E-state index contributed by atoms with van der Waals surface area (Å²) in [6.45, 7) is 6.71. The summed E-state index contributed by atoms with van der Waals surface area (Å²) in [5, 5.41) is 29.9. The molecule has 3 aromatic rings. The summed E-state index contributed by atoms with van der Waals surface area (Å²) >= 11 is 0. The number of carbonyl (C=O) groups excluding carboxylic acids is 2. The Balaban J connectivity index is 1.70. The van der Waals surface area contributed by atoms with E-state index in [1.54, 1.807) is 45.0 Å². The maximum absolute atomic E-state index is 11.8. The van der Waals surface area contributed by atoms with Crippen molar-refractivity contribution in [2.24, 2.45) is 0 Å². The van der Waals surface area contributed by atoms with Gasteiger partial charge in [0.25, 0.3) is 0 Å². The Morgan fingerprint density at radius 3 is 1.82 bits per heavy atom. The van der Waals surface area contributed by atoms with E-state index >= 15 is 0 Å². The van der Waals surface area contributed by atoms with Gasteiger partial charge in [0.2, 0.25) is 5.91 Å². The molecule has 0 unspecified atom stereocenters. The number of amides is 2. The molecule has 0 bridgehead atoms. The Bertz CT molecular complexity index is 1360. The van der Waals surface area contributed by atoms with Crippen molar-refractivity contribution in [3.8, 4) is 23.0 Å². The van der Waals surface area contributed by atoms with Crippen LogP contribution in [0, 0.1) is 5.41 Å². The molecular formula is C28H29N3O8. The smallest absolute Gasteiger partial charge is 0.407 e. The molecule has 3 aromatic carbocycles. The number of benzene rings is 3. The van der Waals surface area contributed by atoms with Gasteiger partial charge >= 0.3 is 12.1 Å². The summed E-state index contributed by atoms with van der Waals surface area (Å²) in [5.74, 6) is -1.10. The Morgan fingerprint density at radius 2 is 1.36 bits per heavy atom. The standard InChI is InChI=1S/C28H29N3O8/c1-17(32)31(36)25(29)19-7-11-22(12-8-19)38-24-14-20(26(33)34)13-23(15-24)37-21-9-5-18(6-10-21)16-30-27(35)39-28(2,3)4/h5-15,29,36H,16H2,1-4H3,(H,30,35)(H,33,34). The number of hydrogen-bond donors (Lipinski definition) is 4. The molecule has 2 amide bonds. The third-order valence-electron chi connectivity index (χ3n) is 5.00. The molecule has 204 valence electrons. The zero-order valence-corrected chi connectivity index (χ0v) is 21.8. The van der Waals surface area contributed by atoms with Crippen molar-refractivity contribution in [2.45, 2.75) is 39.8 Å². The Morgan fingerprint density at radius 1 is 0.846 bits per heavy atom. The molecule has 11 nitrogen and oxygen atoms in total. The SMILES string of the molecule is CC(=O)N(O)C(=N)c1ccc(Oc2cc(Oc3ccc(CNC(=O)OC(C)(C)C)cc3)cc(C(=O)O)c2)cc1. The first kappa shape index (κ1) is 28.7.